The highest BCUT2D eigenvalue weighted by Crippen LogP contribution is 2.13. The third-order valence-electron chi connectivity index (χ3n) is 2.34. The molecule has 1 fully saturated rings. The first-order valence-electron chi connectivity index (χ1n) is 4.83. The van der Waals surface area contributed by atoms with Crippen LogP contribution in [0.1, 0.15) is 19.3 Å². The molecule has 0 radical (unpaired) electrons. The summed E-state index contributed by atoms with van der Waals surface area (Å²) in [5.41, 5.74) is 0. The molecule has 1 aliphatic heterocycles. The predicted octanol–water partition coefficient (Wildman–Crippen LogP) is 1.11. The van der Waals surface area contributed by atoms with Gasteiger partial charge in [-0.2, -0.15) is 0 Å². The van der Waals surface area contributed by atoms with Crippen molar-refractivity contribution in [3.63, 3.8) is 0 Å². The van der Waals surface area contributed by atoms with E-state index in [9.17, 15) is 4.79 Å². The molecule has 1 N–H and O–H groups in total. The first-order chi connectivity index (χ1) is 6.33. The Morgan fingerprint density at radius 3 is 3.15 bits per heavy atom. The van der Waals surface area contributed by atoms with Crippen molar-refractivity contribution >= 4 is 5.97 Å². The van der Waals surface area contributed by atoms with Gasteiger partial charge in [0.1, 0.15) is 0 Å². The highest BCUT2D eigenvalue weighted by molar-refractivity contribution is 5.81. The van der Waals surface area contributed by atoms with Crippen LogP contribution in [-0.4, -0.2) is 25.7 Å². The average Bonchev–Trinajstić information content (AvgIpc) is 2.19. The molecule has 0 aromatic carbocycles. The topological polar surface area (TPSA) is 38.3 Å². The smallest absolute Gasteiger partial charge is 0.330 e. The van der Waals surface area contributed by atoms with E-state index in [1.54, 1.807) is 0 Å². The molecule has 0 aliphatic carbocycles. The average molecular weight is 183 g/mol. The molecule has 0 amide bonds. The van der Waals surface area contributed by atoms with Gasteiger partial charge in [-0.25, -0.2) is 4.79 Å². The van der Waals surface area contributed by atoms with E-state index in [4.69, 9.17) is 4.74 Å². The van der Waals surface area contributed by atoms with E-state index < -0.39 is 0 Å². The van der Waals surface area contributed by atoms with Gasteiger partial charge in [0.05, 0.1) is 6.61 Å². The maximum Gasteiger partial charge on any atom is 0.330 e. The Labute approximate surface area is 79.2 Å². The maximum absolute atomic E-state index is 10.7. The minimum Gasteiger partial charge on any atom is -0.463 e. The molecule has 1 heterocycles. The van der Waals surface area contributed by atoms with Gasteiger partial charge in [0.25, 0.3) is 0 Å². The minimum atomic E-state index is -0.316. The number of ether oxygens (including phenoxy) is 1. The molecule has 0 aromatic heterocycles. The molecule has 13 heavy (non-hydrogen) atoms. The van der Waals surface area contributed by atoms with Crippen LogP contribution >= 0.6 is 0 Å². The number of piperidine rings is 1. The number of esters is 1. The molecule has 3 heteroatoms. The first-order valence-corrected chi connectivity index (χ1v) is 4.83. The van der Waals surface area contributed by atoms with Crippen LogP contribution in [0, 0.1) is 5.92 Å². The predicted molar refractivity (Wildman–Crippen MR) is 51.4 cm³/mol. The highest BCUT2D eigenvalue weighted by Gasteiger charge is 2.12. The molecule has 1 atom stereocenters. The Morgan fingerprint density at radius 2 is 2.54 bits per heavy atom. The second-order valence-corrected chi connectivity index (χ2v) is 3.37. The van der Waals surface area contributed by atoms with Crippen molar-refractivity contribution in [2.75, 3.05) is 19.7 Å². The van der Waals surface area contributed by atoms with E-state index >= 15 is 0 Å². The fraction of sp³-hybridized carbons (Fsp3) is 0.700. The van der Waals surface area contributed by atoms with E-state index in [1.165, 1.54) is 18.9 Å². The Bertz CT molecular complexity index is 174. The lowest BCUT2D eigenvalue weighted by Gasteiger charge is -2.22. The van der Waals surface area contributed by atoms with E-state index in [-0.39, 0.29) is 5.97 Å². The Hall–Kier alpha value is -0.830. The zero-order chi connectivity index (χ0) is 9.52. The zero-order valence-corrected chi connectivity index (χ0v) is 7.92. The SMILES string of the molecule is C=CC(=O)OCCC1CCCNC1. The molecule has 74 valence electrons. The Balaban J connectivity index is 2.04. The summed E-state index contributed by atoms with van der Waals surface area (Å²) in [6.07, 6.45) is 4.66. The molecule has 1 rings (SSSR count). The van der Waals surface area contributed by atoms with Crippen molar-refractivity contribution in [1.29, 1.82) is 0 Å². The molecule has 0 saturated carbocycles. The van der Waals surface area contributed by atoms with Gasteiger partial charge >= 0.3 is 5.97 Å². The van der Waals surface area contributed by atoms with E-state index in [1.807, 2.05) is 0 Å². The van der Waals surface area contributed by atoms with Crippen molar-refractivity contribution < 1.29 is 9.53 Å². The Morgan fingerprint density at radius 1 is 1.69 bits per heavy atom. The highest BCUT2D eigenvalue weighted by atomic mass is 16.5. The summed E-state index contributed by atoms with van der Waals surface area (Å²) < 4.78 is 4.91. The summed E-state index contributed by atoms with van der Waals surface area (Å²) in [5, 5.41) is 3.33. The molecule has 1 aliphatic rings. The third-order valence-corrected chi connectivity index (χ3v) is 2.34. The van der Waals surface area contributed by atoms with Crippen LogP contribution in [0.4, 0.5) is 0 Å². The molecule has 1 unspecified atom stereocenters. The normalized spacial score (nSPS) is 22.3. The summed E-state index contributed by atoms with van der Waals surface area (Å²) in [6.45, 7) is 6.05. The quantitative estimate of drug-likeness (QED) is 0.524. The number of carbonyl (C=O) groups is 1. The van der Waals surface area contributed by atoms with E-state index in [0.717, 1.165) is 19.5 Å². The lowest BCUT2D eigenvalue weighted by atomic mass is 9.97. The van der Waals surface area contributed by atoms with Gasteiger partial charge in [0, 0.05) is 6.08 Å². The first kappa shape index (κ1) is 10.3. The van der Waals surface area contributed by atoms with Gasteiger partial charge in [0.15, 0.2) is 0 Å². The summed E-state index contributed by atoms with van der Waals surface area (Å²) in [7, 11) is 0. The van der Waals surface area contributed by atoms with Crippen molar-refractivity contribution in [2.24, 2.45) is 5.92 Å². The number of hydrogen-bond donors (Lipinski definition) is 1. The van der Waals surface area contributed by atoms with Crippen LogP contribution < -0.4 is 5.32 Å². The number of rotatable bonds is 4. The van der Waals surface area contributed by atoms with Gasteiger partial charge < -0.3 is 10.1 Å². The lowest BCUT2D eigenvalue weighted by Crippen LogP contribution is -2.30. The largest absolute Gasteiger partial charge is 0.463 e. The fourth-order valence-corrected chi connectivity index (χ4v) is 1.56. The molecule has 0 aromatic rings. The Kier molecular flexibility index (Phi) is 4.54. The second kappa shape index (κ2) is 5.75. The molecule has 0 bridgehead atoms. The summed E-state index contributed by atoms with van der Waals surface area (Å²) in [4.78, 5) is 10.7. The molecular weight excluding hydrogens is 166 g/mol. The van der Waals surface area contributed by atoms with Crippen LogP contribution in [0.5, 0.6) is 0 Å². The maximum atomic E-state index is 10.7. The second-order valence-electron chi connectivity index (χ2n) is 3.37. The summed E-state index contributed by atoms with van der Waals surface area (Å²) >= 11 is 0. The van der Waals surface area contributed by atoms with Gasteiger partial charge in [-0.15, -0.1) is 0 Å². The van der Waals surface area contributed by atoms with Gasteiger partial charge in [0.2, 0.25) is 0 Å². The van der Waals surface area contributed by atoms with Crippen LogP contribution in [0.3, 0.4) is 0 Å². The van der Waals surface area contributed by atoms with E-state index in [0.29, 0.717) is 12.5 Å². The summed E-state index contributed by atoms with van der Waals surface area (Å²) in [6, 6.07) is 0. The molecule has 0 spiro atoms. The molecule has 1 saturated heterocycles. The van der Waals surface area contributed by atoms with Gasteiger partial charge in [-0.05, 0) is 38.3 Å². The zero-order valence-electron chi connectivity index (χ0n) is 7.92. The van der Waals surface area contributed by atoms with Crippen molar-refractivity contribution in [2.45, 2.75) is 19.3 Å². The standard InChI is InChI=1S/C10H17NO2/c1-2-10(12)13-7-5-9-4-3-6-11-8-9/h2,9,11H,1,3-8H2. The van der Waals surface area contributed by atoms with Crippen molar-refractivity contribution in [3.8, 4) is 0 Å². The number of nitrogens with one attached hydrogen (secondary N) is 1. The number of carbonyl (C=O) groups excluding carboxylic acids is 1. The molecule has 3 nitrogen and oxygen atoms in total. The van der Waals surface area contributed by atoms with E-state index in [2.05, 4.69) is 11.9 Å². The van der Waals surface area contributed by atoms with Crippen LogP contribution in [0.25, 0.3) is 0 Å². The summed E-state index contributed by atoms with van der Waals surface area (Å²) in [5.74, 6) is 0.357. The van der Waals surface area contributed by atoms with Gasteiger partial charge in [-0.1, -0.05) is 6.58 Å². The van der Waals surface area contributed by atoms with Crippen molar-refractivity contribution in [1.82, 2.24) is 5.32 Å². The minimum absolute atomic E-state index is 0.316. The monoisotopic (exact) mass is 183 g/mol. The van der Waals surface area contributed by atoms with Crippen LogP contribution in [0.15, 0.2) is 12.7 Å². The van der Waals surface area contributed by atoms with Gasteiger partial charge in [-0.3, -0.25) is 0 Å². The molecular formula is C10H17NO2. The number of hydrogen-bond acceptors (Lipinski definition) is 3. The lowest BCUT2D eigenvalue weighted by molar-refractivity contribution is -0.138. The fourth-order valence-electron chi connectivity index (χ4n) is 1.56. The van der Waals surface area contributed by atoms with Crippen LogP contribution in [0.2, 0.25) is 0 Å². The van der Waals surface area contributed by atoms with Crippen LogP contribution in [-0.2, 0) is 9.53 Å². The van der Waals surface area contributed by atoms with Crippen molar-refractivity contribution in [3.05, 3.63) is 12.7 Å². The third kappa shape index (κ3) is 4.08.